The second-order valence-corrected chi connectivity index (χ2v) is 3.38. The average molecular weight is 231 g/mol. The largest absolute Gasteiger partial charge is 0.262 e. The van der Waals surface area contributed by atoms with Crippen molar-refractivity contribution in [2.75, 3.05) is 6.54 Å². The van der Waals surface area contributed by atoms with Crippen molar-refractivity contribution in [3.05, 3.63) is 0 Å². The number of rotatable bonds is 3. The first-order valence-electron chi connectivity index (χ1n) is 3.92. The zero-order valence-corrected chi connectivity index (χ0v) is 8.53. The predicted octanol–water partition coefficient (Wildman–Crippen LogP) is 1.51. The molecule has 0 spiro atoms. The molecular weight excluding hydrogens is 220 g/mol. The third kappa shape index (κ3) is 1.89. The Kier molecular flexibility index (Phi) is 3.35. The van der Waals surface area contributed by atoms with Crippen molar-refractivity contribution < 1.29 is 0 Å². The van der Waals surface area contributed by atoms with E-state index in [4.69, 9.17) is 5.26 Å². The van der Waals surface area contributed by atoms with Crippen molar-refractivity contribution in [1.82, 2.24) is 9.91 Å². The fraction of sp³-hybridized carbons (Fsp3) is 0.714. The van der Waals surface area contributed by atoms with E-state index in [1.807, 2.05) is 11.2 Å². The van der Waals surface area contributed by atoms with Gasteiger partial charge in [0.25, 0.3) is 0 Å². The first-order valence-corrected chi connectivity index (χ1v) is 4.84. The van der Waals surface area contributed by atoms with Crippen molar-refractivity contribution in [2.45, 2.75) is 24.8 Å². The summed E-state index contributed by atoms with van der Waals surface area (Å²) in [7, 11) is 0. The van der Waals surface area contributed by atoms with Gasteiger partial charge in [0.05, 0.1) is 0 Å². The van der Waals surface area contributed by atoms with Crippen LogP contribution in [0.3, 0.4) is 0 Å². The molecule has 0 aromatic rings. The van der Waals surface area contributed by atoms with Crippen LogP contribution in [0.15, 0.2) is 5.10 Å². The molecule has 5 heteroatoms. The summed E-state index contributed by atoms with van der Waals surface area (Å²) in [5, 5.41) is 14.4. The van der Waals surface area contributed by atoms with Gasteiger partial charge in [-0.05, 0) is 22.4 Å². The first kappa shape index (κ1) is 9.33. The van der Waals surface area contributed by atoms with Crippen molar-refractivity contribution in [3.8, 4) is 6.19 Å². The van der Waals surface area contributed by atoms with Crippen LogP contribution in [0, 0.1) is 11.5 Å². The summed E-state index contributed by atoms with van der Waals surface area (Å²) >= 11 is 3.37. The van der Waals surface area contributed by atoms with Crippen molar-refractivity contribution in [2.24, 2.45) is 5.10 Å². The van der Waals surface area contributed by atoms with E-state index in [0.717, 1.165) is 19.4 Å². The molecule has 0 N–H and O–H groups in total. The van der Waals surface area contributed by atoms with E-state index < -0.39 is 0 Å². The standard InChI is InChI=1S/C7H11BrN4/c1-2-3-4-12-7(8)11(5-9)6-10-12/h6-7H,2-4H2,1H3. The molecular formula is C7H11BrN4. The Morgan fingerprint density at radius 3 is 3.00 bits per heavy atom. The van der Waals surface area contributed by atoms with Crippen molar-refractivity contribution in [1.29, 1.82) is 5.26 Å². The van der Waals surface area contributed by atoms with Crippen molar-refractivity contribution >= 4 is 22.3 Å². The lowest BCUT2D eigenvalue weighted by molar-refractivity contribution is 0.239. The molecule has 0 radical (unpaired) electrons. The summed E-state index contributed by atoms with van der Waals surface area (Å²) in [4.78, 5) is 1.47. The third-order valence-electron chi connectivity index (χ3n) is 1.66. The Morgan fingerprint density at radius 2 is 2.50 bits per heavy atom. The van der Waals surface area contributed by atoms with E-state index in [0.29, 0.717) is 0 Å². The number of hydrazone groups is 1. The molecule has 0 aromatic carbocycles. The lowest BCUT2D eigenvalue weighted by Crippen LogP contribution is -2.31. The number of nitrogens with zero attached hydrogens (tertiary/aromatic N) is 4. The second kappa shape index (κ2) is 4.31. The molecule has 0 saturated heterocycles. The number of alkyl halides is 1. The highest BCUT2D eigenvalue weighted by molar-refractivity contribution is 9.09. The highest BCUT2D eigenvalue weighted by Crippen LogP contribution is 2.17. The van der Waals surface area contributed by atoms with Gasteiger partial charge in [0, 0.05) is 6.54 Å². The molecule has 0 aliphatic carbocycles. The maximum Gasteiger partial charge on any atom is 0.188 e. The number of nitriles is 1. The second-order valence-electron chi connectivity index (χ2n) is 2.57. The number of hydrogen-bond donors (Lipinski definition) is 0. The van der Waals surface area contributed by atoms with E-state index in [9.17, 15) is 0 Å². The highest BCUT2D eigenvalue weighted by Gasteiger charge is 2.23. The minimum absolute atomic E-state index is 0.0888. The van der Waals surface area contributed by atoms with Crippen LogP contribution in [0.2, 0.25) is 0 Å². The molecule has 1 rings (SSSR count). The summed E-state index contributed by atoms with van der Waals surface area (Å²) in [6, 6.07) is 0. The molecule has 0 bridgehead atoms. The van der Waals surface area contributed by atoms with E-state index in [1.165, 1.54) is 11.2 Å². The molecule has 0 saturated carbocycles. The SMILES string of the molecule is CCCCN1N=CN(C#N)C1Br. The maximum absolute atomic E-state index is 8.61. The minimum Gasteiger partial charge on any atom is -0.262 e. The van der Waals surface area contributed by atoms with Crippen LogP contribution >= 0.6 is 15.9 Å². The Bertz CT molecular complexity index is 210. The summed E-state index contributed by atoms with van der Waals surface area (Å²) < 4.78 is 0. The van der Waals surface area contributed by atoms with Gasteiger partial charge in [0.15, 0.2) is 11.3 Å². The zero-order chi connectivity index (χ0) is 8.97. The molecule has 0 amide bonds. The Morgan fingerprint density at radius 1 is 1.75 bits per heavy atom. The fourth-order valence-corrected chi connectivity index (χ4v) is 1.44. The third-order valence-corrected chi connectivity index (χ3v) is 2.57. The molecule has 12 heavy (non-hydrogen) atoms. The average Bonchev–Trinajstić information content (AvgIpc) is 2.43. The number of halogens is 1. The Labute approximate surface area is 80.6 Å². The number of hydrogen-bond acceptors (Lipinski definition) is 4. The van der Waals surface area contributed by atoms with Crippen LogP contribution in [0.4, 0.5) is 0 Å². The van der Waals surface area contributed by atoms with Crippen LogP contribution in [-0.4, -0.2) is 27.9 Å². The van der Waals surface area contributed by atoms with Crippen LogP contribution < -0.4 is 0 Å². The van der Waals surface area contributed by atoms with Crippen LogP contribution in [0.5, 0.6) is 0 Å². The molecule has 66 valence electrons. The molecule has 0 aromatic heterocycles. The van der Waals surface area contributed by atoms with Gasteiger partial charge in [0.1, 0.15) is 6.34 Å². The lowest BCUT2D eigenvalue weighted by Gasteiger charge is -2.20. The van der Waals surface area contributed by atoms with E-state index in [2.05, 4.69) is 28.0 Å². The summed E-state index contributed by atoms with van der Waals surface area (Å²) in [6.45, 7) is 3.02. The lowest BCUT2D eigenvalue weighted by atomic mass is 10.3. The molecule has 1 unspecified atom stereocenters. The summed E-state index contributed by atoms with van der Waals surface area (Å²) in [5.41, 5.74) is 0. The van der Waals surface area contributed by atoms with Crippen molar-refractivity contribution in [3.63, 3.8) is 0 Å². The Balaban J connectivity index is 2.40. The van der Waals surface area contributed by atoms with Gasteiger partial charge in [-0.1, -0.05) is 13.3 Å². The topological polar surface area (TPSA) is 42.6 Å². The Hall–Kier alpha value is -0.760. The molecule has 1 aliphatic rings. The summed E-state index contributed by atoms with van der Waals surface area (Å²) in [6.07, 6.45) is 5.79. The highest BCUT2D eigenvalue weighted by atomic mass is 79.9. The predicted molar refractivity (Wildman–Crippen MR) is 50.3 cm³/mol. The normalized spacial score (nSPS) is 21.6. The van der Waals surface area contributed by atoms with Gasteiger partial charge in [-0.25, -0.2) is 4.90 Å². The van der Waals surface area contributed by atoms with Gasteiger partial charge in [0.2, 0.25) is 0 Å². The van der Waals surface area contributed by atoms with E-state index in [1.54, 1.807) is 0 Å². The van der Waals surface area contributed by atoms with E-state index >= 15 is 0 Å². The van der Waals surface area contributed by atoms with Crippen LogP contribution in [-0.2, 0) is 0 Å². The van der Waals surface area contributed by atoms with Crippen LogP contribution in [0.1, 0.15) is 19.8 Å². The molecule has 4 nitrogen and oxygen atoms in total. The smallest absolute Gasteiger partial charge is 0.188 e. The monoisotopic (exact) mass is 230 g/mol. The van der Waals surface area contributed by atoms with Gasteiger partial charge < -0.3 is 0 Å². The molecule has 1 aliphatic heterocycles. The summed E-state index contributed by atoms with van der Waals surface area (Å²) in [5.74, 6) is 0. The quantitative estimate of drug-likeness (QED) is 0.420. The van der Waals surface area contributed by atoms with E-state index in [-0.39, 0.29) is 5.08 Å². The van der Waals surface area contributed by atoms with Crippen LogP contribution in [0.25, 0.3) is 0 Å². The fourth-order valence-electron chi connectivity index (χ4n) is 0.933. The van der Waals surface area contributed by atoms with Gasteiger partial charge >= 0.3 is 0 Å². The zero-order valence-electron chi connectivity index (χ0n) is 6.94. The number of unbranched alkanes of at least 4 members (excludes halogenated alkanes) is 1. The first-order chi connectivity index (χ1) is 5.79. The maximum atomic E-state index is 8.61. The minimum atomic E-state index is -0.0888. The molecule has 0 fully saturated rings. The molecule has 1 heterocycles. The van der Waals surface area contributed by atoms with Gasteiger partial charge in [-0.15, -0.1) is 0 Å². The van der Waals surface area contributed by atoms with Gasteiger partial charge in [-0.2, -0.15) is 10.4 Å². The van der Waals surface area contributed by atoms with Gasteiger partial charge in [-0.3, -0.25) is 5.01 Å². The molecule has 1 atom stereocenters.